The maximum atomic E-state index is 14.5. The normalized spacial score (nSPS) is 12.1. The standard InChI is InChI=1S/C28H18O2S/c29-31(30,27-23-13-5-1-9-19(23)17-20-10-2-6-14-24(20)27)28-25-15-7-3-11-21(25)18-22-12-4-8-16-26(22)28/h1-18H. The van der Waals surface area contributed by atoms with E-state index in [4.69, 9.17) is 0 Å². The minimum atomic E-state index is -3.85. The van der Waals surface area contributed by atoms with Crippen molar-refractivity contribution in [3.8, 4) is 0 Å². The van der Waals surface area contributed by atoms with Gasteiger partial charge in [0.15, 0.2) is 0 Å². The van der Waals surface area contributed by atoms with Crippen LogP contribution in [0.15, 0.2) is 119 Å². The molecule has 0 spiro atoms. The summed E-state index contributed by atoms with van der Waals surface area (Å²) in [5.41, 5.74) is 0. The molecular formula is C28H18O2S. The van der Waals surface area contributed by atoms with Crippen LogP contribution in [0, 0.1) is 0 Å². The van der Waals surface area contributed by atoms with Crippen molar-refractivity contribution in [2.75, 3.05) is 0 Å². The van der Waals surface area contributed by atoms with Crippen LogP contribution in [0.5, 0.6) is 0 Å². The molecule has 0 bridgehead atoms. The second-order valence-corrected chi connectivity index (χ2v) is 9.62. The summed E-state index contributed by atoms with van der Waals surface area (Å²) < 4.78 is 29.0. The smallest absolute Gasteiger partial charge is 0.209 e. The molecule has 0 heterocycles. The SMILES string of the molecule is O=S(=O)(c1c2ccccc2cc2ccccc12)c1c2ccccc2cc2ccccc12. The van der Waals surface area contributed by atoms with Gasteiger partial charge in [-0.15, -0.1) is 0 Å². The molecule has 0 N–H and O–H groups in total. The van der Waals surface area contributed by atoms with E-state index in [0.29, 0.717) is 9.79 Å². The van der Waals surface area contributed by atoms with Gasteiger partial charge in [-0.25, -0.2) is 8.42 Å². The zero-order chi connectivity index (χ0) is 21.0. The molecule has 6 aromatic rings. The Labute approximate surface area is 180 Å². The summed E-state index contributed by atoms with van der Waals surface area (Å²) in [4.78, 5) is 0.755. The summed E-state index contributed by atoms with van der Waals surface area (Å²) in [6.07, 6.45) is 0. The van der Waals surface area contributed by atoms with Gasteiger partial charge in [-0.1, -0.05) is 97.1 Å². The van der Waals surface area contributed by atoms with E-state index in [9.17, 15) is 8.42 Å². The summed E-state index contributed by atoms with van der Waals surface area (Å²) in [6, 6.07) is 35.0. The quantitative estimate of drug-likeness (QED) is 0.280. The van der Waals surface area contributed by atoms with Crippen LogP contribution in [0.1, 0.15) is 0 Å². The topological polar surface area (TPSA) is 34.1 Å². The van der Waals surface area contributed by atoms with E-state index in [1.165, 1.54) is 0 Å². The molecule has 0 unspecified atom stereocenters. The van der Waals surface area contributed by atoms with Gasteiger partial charge in [-0.05, 0) is 33.7 Å². The summed E-state index contributed by atoms with van der Waals surface area (Å²) in [6.45, 7) is 0. The third-order valence-electron chi connectivity index (χ3n) is 5.98. The molecule has 0 aliphatic heterocycles. The Bertz CT molecular complexity index is 1520. The molecule has 148 valence electrons. The van der Waals surface area contributed by atoms with Crippen LogP contribution in [-0.4, -0.2) is 8.42 Å². The molecule has 3 heteroatoms. The predicted octanol–water partition coefficient (Wildman–Crippen LogP) is 7.13. The number of hydrogen-bond acceptors (Lipinski definition) is 2. The van der Waals surface area contributed by atoms with Crippen molar-refractivity contribution < 1.29 is 8.42 Å². The largest absolute Gasteiger partial charge is 0.218 e. The highest BCUT2D eigenvalue weighted by atomic mass is 32.2. The van der Waals surface area contributed by atoms with Gasteiger partial charge in [0.1, 0.15) is 0 Å². The van der Waals surface area contributed by atoms with Crippen molar-refractivity contribution in [2.24, 2.45) is 0 Å². The molecule has 0 aliphatic rings. The maximum absolute atomic E-state index is 14.5. The van der Waals surface area contributed by atoms with Gasteiger partial charge in [0.25, 0.3) is 0 Å². The average molecular weight is 419 g/mol. The van der Waals surface area contributed by atoms with Crippen molar-refractivity contribution >= 4 is 52.9 Å². The second-order valence-electron chi connectivity index (χ2n) is 7.80. The predicted molar refractivity (Wildman–Crippen MR) is 128 cm³/mol. The summed E-state index contributed by atoms with van der Waals surface area (Å²) in [7, 11) is -3.85. The van der Waals surface area contributed by atoms with E-state index >= 15 is 0 Å². The van der Waals surface area contributed by atoms with Gasteiger partial charge < -0.3 is 0 Å². The zero-order valence-corrected chi connectivity index (χ0v) is 17.4. The van der Waals surface area contributed by atoms with Crippen LogP contribution in [0.2, 0.25) is 0 Å². The molecule has 0 aliphatic carbocycles. The molecule has 0 amide bonds. The number of rotatable bonds is 2. The van der Waals surface area contributed by atoms with Crippen LogP contribution in [0.3, 0.4) is 0 Å². The van der Waals surface area contributed by atoms with E-state index in [1.54, 1.807) is 0 Å². The highest BCUT2D eigenvalue weighted by Gasteiger charge is 2.27. The van der Waals surface area contributed by atoms with Gasteiger partial charge >= 0.3 is 0 Å². The van der Waals surface area contributed by atoms with Gasteiger partial charge in [0.2, 0.25) is 9.84 Å². The number of hydrogen-bond donors (Lipinski definition) is 0. The third-order valence-corrected chi connectivity index (χ3v) is 7.94. The van der Waals surface area contributed by atoms with Crippen LogP contribution in [0.4, 0.5) is 0 Å². The monoisotopic (exact) mass is 418 g/mol. The molecule has 0 saturated heterocycles. The molecule has 2 nitrogen and oxygen atoms in total. The first-order chi connectivity index (χ1) is 15.1. The Morgan fingerprint density at radius 3 is 0.935 bits per heavy atom. The van der Waals surface area contributed by atoms with Gasteiger partial charge in [-0.2, -0.15) is 0 Å². The number of benzene rings is 6. The Balaban J connectivity index is 1.86. The van der Waals surface area contributed by atoms with E-state index in [1.807, 2.05) is 97.1 Å². The van der Waals surface area contributed by atoms with Gasteiger partial charge in [0.05, 0.1) is 9.79 Å². The van der Waals surface area contributed by atoms with Crippen molar-refractivity contribution in [2.45, 2.75) is 9.79 Å². The summed E-state index contributed by atoms with van der Waals surface area (Å²) in [5.74, 6) is 0. The summed E-state index contributed by atoms with van der Waals surface area (Å²) in [5, 5.41) is 6.68. The van der Waals surface area contributed by atoms with Crippen LogP contribution in [-0.2, 0) is 9.84 Å². The third kappa shape index (κ3) is 2.67. The Morgan fingerprint density at radius 2 is 0.645 bits per heavy atom. The maximum Gasteiger partial charge on any atom is 0.209 e. The van der Waals surface area contributed by atoms with Crippen LogP contribution in [0.25, 0.3) is 43.1 Å². The molecule has 31 heavy (non-hydrogen) atoms. The molecule has 0 saturated carbocycles. The second kappa shape index (κ2) is 6.66. The van der Waals surface area contributed by atoms with E-state index in [-0.39, 0.29) is 0 Å². The fraction of sp³-hybridized carbons (Fsp3) is 0. The lowest BCUT2D eigenvalue weighted by Gasteiger charge is -2.16. The zero-order valence-electron chi connectivity index (χ0n) is 16.6. The molecule has 6 rings (SSSR count). The molecule has 0 aromatic heterocycles. The number of fused-ring (bicyclic) bond motifs is 4. The lowest BCUT2D eigenvalue weighted by molar-refractivity contribution is 0.599. The van der Waals surface area contributed by atoms with Gasteiger partial charge in [0, 0.05) is 21.5 Å². The Hall–Kier alpha value is -3.69. The van der Waals surface area contributed by atoms with Crippen molar-refractivity contribution in [3.63, 3.8) is 0 Å². The molecule has 0 radical (unpaired) electrons. The molecular weight excluding hydrogens is 400 g/mol. The van der Waals surface area contributed by atoms with Crippen molar-refractivity contribution in [1.82, 2.24) is 0 Å². The van der Waals surface area contributed by atoms with Crippen LogP contribution < -0.4 is 0 Å². The minimum absolute atomic E-state index is 0.378. The summed E-state index contributed by atoms with van der Waals surface area (Å²) >= 11 is 0. The van der Waals surface area contributed by atoms with Crippen molar-refractivity contribution in [3.05, 3.63) is 109 Å². The first kappa shape index (κ1) is 18.1. The molecule has 6 aromatic carbocycles. The average Bonchev–Trinajstić information content (AvgIpc) is 2.80. The Morgan fingerprint density at radius 1 is 0.387 bits per heavy atom. The fourth-order valence-corrected chi connectivity index (χ4v) is 6.73. The first-order valence-electron chi connectivity index (χ1n) is 10.2. The van der Waals surface area contributed by atoms with Crippen LogP contribution >= 0.6 is 0 Å². The van der Waals surface area contributed by atoms with E-state index < -0.39 is 9.84 Å². The lowest BCUT2D eigenvalue weighted by atomic mass is 10.0. The molecule has 0 fully saturated rings. The highest BCUT2D eigenvalue weighted by molar-refractivity contribution is 7.92. The van der Waals surface area contributed by atoms with Gasteiger partial charge in [-0.3, -0.25) is 0 Å². The Kier molecular flexibility index (Phi) is 3.89. The fourth-order valence-electron chi connectivity index (χ4n) is 4.62. The molecule has 0 atom stereocenters. The van der Waals surface area contributed by atoms with E-state index in [0.717, 1.165) is 43.1 Å². The number of sulfone groups is 1. The first-order valence-corrected chi connectivity index (χ1v) is 11.7. The highest BCUT2D eigenvalue weighted by Crippen LogP contribution is 2.40. The minimum Gasteiger partial charge on any atom is -0.218 e. The van der Waals surface area contributed by atoms with E-state index in [2.05, 4.69) is 12.1 Å². The lowest BCUT2D eigenvalue weighted by Crippen LogP contribution is -2.06. The van der Waals surface area contributed by atoms with Crippen molar-refractivity contribution in [1.29, 1.82) is 0 Å².